The second kappa shape index (κ2) is 10.5. The van der Waals surface area contributed by atoms with Crippen LogP contribution >= 0.6 is 23.2 Å². The maximum atomic E-state index is 13.6. The lowest BCUT2D eigenvalue weighted by atomic mass is 9.59. The maximum absolute atomic E-state index is 13.6. The van der Waals surface area contributed by atoms with E-state index >= 15 is 0 Å². The molecule has 2 heterocycles. The molecule has 4 saturated carbocycles. The summed E-state index contributed by atoms with van der Waals surface area (Å²) in [4.78, 5) is 15.2. The number of hydrogen-bond donors (Lipinski definition) is 1. The van der Waals surface area contributed by atoms with Crippen molar-refractivity contribution in [1.29, 1.82) is 0 Å². The van der Waals surface area contributed by atoms with E-state index in [0.717, 1.165) is 74.8 Å². The first kappa shape index (κ1) is 28.3. The van der Waals surface area contributed by atoms with Gasteiger partial charge in [0.05, 0.1) is 40.0 Å². The van der Waals surface area contributed by atoms with E-state index in [2.05, 4.69) is 10.1 Å². The van der Waals surface area contributed by atoms with Gasteiger partial charge >= 0.3 is 12.1 Å². The number of ether oxygens (including phenoxy) is 2. The van der Waals surface area contributed by atoms with Crippen molar-refractivity contribution < 1.29 is 37.1 Å². The van der Waals surface area contributed by atoms with Crippen LogP contribution in [0.2, 0.25) is 10.0 Å². The molecule has 0 atom stereocenters. The van der Waals surface area contributed by atoms with Gasteiger partial charge in [-0.05, 0) is 69.6 Å². The molecule has 2 bridgehead atoms. The second-order valence-corrected chi connectivity index (χ2v) is 12.2. The quantitative estimate of drug-likeness (QED) is 0.260. The molecule has 7 rings (SSSR count). The molecule has 41 heavy (non-hydrogen) atoms. The first-order chi connectivity index (χ1) is 19.5. The molecule has 0 aliphatic heterocycles. The number of halogens is 5. The van der Waals surface area contributed by atoms with Crippen LogP contribution in [0.1, 0.15) is 84.5 Å². The lowest BCUT2D eigenvalue weighted by Gasteiger charge is -2.52. The van der Waals surface area contributed by atoms with Crippen molar-refractivity contribution in [3.05, 3.63) is 63.1 Å². The van der Waals surface area contributed by atoms with Gasteiger partial charge in [0, 0.05) is 34.9 Å². The van der Waals surface area contributed by atoms with Crippen LogP contribution in [0.5, 0.6) is 5.75 Å². The number of alkyl halides is 3. The first-order valence-corrected chi connectivity index (χ1v) is 14.2. The summed E-state index contributed by atoms with van der Waals surface area (Å²) >= 11 is 12.9. The molecule has 0 spiro atoms. The van der Waals surface area contributed by atoms with Gasteiger partial charge in [0.1, 0.15) is 17.2 Å². The Morgan fingerprint density at radius 1 is 1.07 bits per heavy atom. The van der Waals surface area contributed by atoms with Crippen LogP contribution < -0.4 is 4.74 Å². The normalized spacial score (nSPS) is 24.0. The lowest BCUT2D eigenvalue weighted by molar-refractivity contribution is -0.152. The third-order valence-corrected chi connectivity index (χ3v) is 9.35. The molecule has 3 aromatic rings. The van der Waals surface area contributed by atoms with Crippen LogP contribution in [0.3, 0.4) is 0 Å². The number of carboxylic acid groups (broad SMARTS) is 1. The van der Waals surface area contributed by atoms with E-state index in [1.807, 2.05) is 0 Å². The van der Waals surface area contributed by atoms with Gasteiger partial charge in [-0.25, -0.2) is 4.79 Å². The zero-order chi connectivity index (χ0) is 29.0. The fraction of sp³-hybridized carbons (Fsp3) is 0.483. The summed E-state index contributed by atoms with van der Waals surface area (Å²) in [7, 11) is 0. The van der Waals surface area contributed by atoms with Crippen LogP contribution in [-0.4, -0.2) is 33.4 Å². The minimum absolute atomic E-state index is 0.124. The number of aromatic carboxylic acids is 1. The van der Waals surface area contributed by atoms with Crippen molar-refractivity contribution in [2.45, 2.75) is 75.7 Å². The Balaban J connectivity index is 1.14. The second-order valence-electron chi connectivity index (χ2n) is 11.4. The monoisotopic (exact) mass is 610 g/mol. The van der Waals surface area contributed by atoms with Crippen LogP contribution in [0, 0.1) is 5.41 Å². The summed E-state index contributed by atoms with van der Waals surface area (Å²) in [6, 6.07) is 2.85. The van der Waals surface area contributed by atoms with Gasteiger partial charge in [0.15, 0.2) is 0 Å². The molecule has 12 heteroatoms. The van der Waals surface area contributed by atoms with Crippen molar-refractivity contribution in [3.8, 4) is 17.0 Å². The van der Waals surface area contributed by atoms with Crippen LogP contribution in [-0.2, 0) is 17.5 Å². The highest BCUT2D eigenvalue weighted by Crippen LogP contribution is 2.55. The smallest absolute Gasteiger partial charge is 0.419 e. The van der Waals surface area contributed by atoms with Gasteiger partial charge in [-0.1, -0.05) is 28.4 Å². The number of nitrogens with zero attached hydrogens (tertiary/aromatic N) is 2. The molecular formula is C29H27Cl2F3N2O5. The van der Waals surface area contributed by atoms with Crippen molar-refractivity contribution in [3.63, 3.8) is 0 Å². The Morgan fingerprint density at radius 3 is 2.32 bits per heavy atom. The number of carbonyl (C=O) groups is 1. The first-order valence-electron chi connectivity index (χ1n) is 13.5. The van der Waals surface area contributed by atoms with Crippen molar-refractivity contribution >= 4 is 29.2 Å². The zero-order valence-corrected chi connectivity index (χ0v) is 23.4. The van der Waals surface area contributed by atoms with Gasteiger partial charge in [0.2, 0.25) is 0 Å². The molecule has 4 fully saturated rings. The molecule has 0 radical (unpaired) electrons. The fourth-order valence-electron chi connectivity index (χ4n) is 6.09. The topological polar surface area (TPSA) is 94.7 Å². The summed E-state index contributed by atoms with van der Waals surface area (Å²) in [5.74, 6) is -0.688. The lowest BCUT2D eigenvalue weighted by Crippen LogP contribution is -2.49. The number of rotatable bonds is 9. The number of fused-ring (bicyclic) bond motifs is 3. The predicted molar refractivity (Wildman–Crippen MR) is 143 cm³/mol. The van der Waals surface area contributed by atoms with Gasteiger partial charge in [0.25, 0.3) is 0 Å². The van der Waals surface area contributed by atoms with Gasteiger partial charge in [-0.2, -0.15) is 13.2 Å². The summed E-state index contributed by atoms with van der Waals surface area (Å²) in [5, 5.41) is 14.2. The van der Waals surface area contributed by atoms with E-state index in [-0.39, 0.29) is 30.0 Å². The highest BCUT2D eigenvalue weighted by Gasteiger charge is 2.50. The predicted octanol–water partition coefficient (Wildman–Crippen LogP) is 8.33. The molecule has 218 valence electrons. The highest BCUT2D eigenvalue weighted by atomic mass is 35.5. The Hall–Kier alpha value is -2.82. The number of aromatic nitrogens is 2. The molecule has 4 aliphatic carbocycles. The number of carboxylic acids is 1. The highest BCUT2D eigenvalue weighted by molar-refractivity contribution is 6.38. The SMILES string of the molecule is O=C(O)c1ccc(OCC23CCC(OCc4c(-c5c(Cl)cncc5Cl)noc4C4CC4)(CC2)CC3)c(C(F)(F)F)c1. The molecule has 2 aromatic heterocycles. The van der Waals surface area contributed by atoms with E-state index in [4.69, 9.17) is 42.3 Å². The van der Waals surface area contributed by atoms with E-state index < -0.39 is 23.3 Å². The molecule has 7 nitrogen and oxygen atoms in total. The third-order valence-electron chi connectivity index (χ3n) is 8.78. The van der Waals surface area contributed by atoms with E-state index in [9.17, 15) is 18.0 Å². The minimum atomic E-state index is -4.73. The van der Waals surface area contributed by atoms with Gasteiger partial charge in [-0.15, -0.1) is 0 Å². The van der Waals surface area contributed by atoms with E-state index in [0.29, 0.717) is 33.3 Å². The minimum Gasteiger partial charge on any atom is -0.492 e. The van der Waals surface area contributed by atoms with E-state index in [1.165, 1.54) is 12.4 Å². The summed E-state index contributed by atoms with van der Waals surface area (Å²) in [6.07, 6.45) is 4.81. The van der Waals surface area contributed by atoms with Crippen molar-refractivity contribution in [1.82, 2.24) is 10.1 Å². The Bertz CT molecular complexity index is 1440. The van der Waals surface area contributed by atoms with Crippen LogP contribution in [0.4, 0.5) is 13.2 Å². The Labute approximate surface area is 243 Å². The fourth-order valence-corrected chi connectivity index (χ4v) is 6.63. The summed E-state index contributed by atoms with van der Waals surface area (Å²) in [6.45, 7) is 0.410. The molecule has 1 aromatic carbocycles. The van der Waals surface area contributed by atoms with Crippen LogP contribution in [0.25, 0.3) is 11.3 Å². The Kier molecular flexibility index (Phi) is 7.23. The maximum Gasteiger partial charge on any atom is 0.419 e. The number of pyridine rings is 1. The standard InChI is InChI=1S/C29H27Cl2F3N2O5/c30-20-12-35-13-21(31)23(20)24-18(25(41-36-24)16-1-2-16)14-40-28-8-5-27(6-9-28,7-10-28)15-39-22-4-3-17(26(37)38)11-19(22)29(32,33)34/h3-4,11-13,16H,1-2,5-10,14-15H2,(H,37,38). The third kappa shape index (κ3) is 5.53. The molecule has 0 saturated heterocycles. The summed E-state index contributed by atoms with van der Waals surface area (Å²) in [5.41, 5.74) is -0.176. The zero-order valence-electron chi connectivity index (χ0n) is 21.9. The number of benzene rings is 1. The average molecular weight is 611 g/mol. The van der Waals surface area contributed by atoms with E-state index in [1.54, 1.807) is 0 Å². The average Bonchev–Trinajstić information content (AvgIpc) is 3.71. The molecule has 0 amide bonds. The Morgan fingerprint density at radius 2 is 1.73 bits per heavy atom. The molecule has 1 N–H and O–H groups in total. The summed E-state index contributed by atoms with van der Waals surface area (Å²) < 4.78 is 59.0. The molecule has 0 unspecified atom stereocenters. The molecular weight excluding hydrogens is 584 g/mol. The van der Waals surface area contributed by atoms with Crippen molar-refractivity contribution in [2.24, 2.45) is 5.41 Å². The number of hydrogen-bond acceptors (Lipinski definition) is 6. The largest absolute Gasteiger partial charge is 0.492 e. The molecule has 4 aliphatic rings. The van der Waals surface area contributed by atoms with Crippen LogP contribution in [0.15, 0.2) is 35.1 Å². The van der Waals surface area contributed by atoms with Gasteiger partial charge in [-0.3, -0.25) is 4.98 Å². The van der Waals surface area contributed by atoms with Gasteiger partial charge < -0.3 is 19.1 Å². The van der Waals surface area contributed by atoms with Crippen molar-refractivity contribution in [2.75, 3.05) is 6.61 Å².